The van der Waals surface area contributed by atoms with Crippen LogP contribution < -0.4 is 10.6 Å². The Labute approximate surface area is 156 Å². The Bertz CT molecular complexity index is 906. The first-order valence-electron chi connectivity index (χ1n) is 8.60. The third kappa shape index (κ3) is 4.78. The average molecular weight is 371 g/mol. The minimum Gasteiger partial charge on any atom is -0.383 e. The van der Waals surface area contributed by atoms with E-state index < -0.39 is 11.7 Å². The third-order valence-corrected chi connectivity index (χ3v) is 3.85. The molecule has 0 unspecified atom stereocenters. The van der Waals surface area contributed by atoms with Crippen LogP contribution in [0.4, 0.5) is 30.4 Å². The molecule has 0 aliphatic heterocycles. The summed E-state index contributed by atoms with van der Waals surface area (Å²) in [6, 6.07) is 18.7. The van der Waals surface area contributed by atoms with Gasteiger partial charge in [-0.2, -0.15) is 13.2 Å². The molecule has 0 radical (unpaired) electrons. The number of pyridine rings is 1. The highest BCUT2D eigenvalue weighted by atomic mass is 19.4. The van der Waals surface area contributed by atoms with E-state index in [1.165, 1.54) is 12.1 Å². The summed E-state index contributed by atoms with van der Waals surface area (Å²) in [6.45, 7) is 3.99. The molecule has 1 aromatic heterocycles. The van der Waals surface area contributed by atoms with Crippen LogP contribution in [0.25, 0.3) is 11.3 Å². The zero-order valence-corrected chi connectivity index (χ0v) is 15.0. The van der Waals surface area contributed by atoms with E-state index in [4.69, 9.17) is 0 Å². The smallest absolute Gasteiger partial charge is 0.383 e. The molecule has 3 nitrogen and oxygen atoms in total. The maximum Gasteiger partial charge on any atom is 0.418 e. The van der Waals surface area contributed by atoms with E-state index in [2.05, 4.69) is 15.6 Å². The number of hydrogen-bond donors (Lipinski definition) is 2. The largest absolute Gasteiger partial charge is 0.418 e. The summed E-state index contributed by atoms with van der Waals surface area (Å²) in [5, 5.41) is 6.12. The zero-order valence-electron chi connectivity index (χ0n) is 15.0. The number of rotatable bonds is 5. The first-order valence-corrected chi connectivity index (χ1v) is 8.60. The van der Waals surface area contributed by atoms with E-state index in [9.17, 15) is 13.2 Å². The lowest BCUT2D eigenvalue weighted by Gasteiger charge is -2.17. The summed E-state index contributed by atoms with van der Waals surface area (Å²) < 4.78 is 39.8. The molecule has 2 aromatic carbocycles. The van der Waals surface area contributed by atoms with Gasteiger partial charge in [0.15, 0.2) is 0 Å². The van der Waals surface area contributed by atoms with Gasteiger partial charge in [0.25, 0.3) is 0 Å². The predicted octanol–water partition coefficient (Wildman–Crippen LogP) is 6.33. The second-order valence-electron chi connectivity index (χ2n) is 6.46. The summed E-state index contributed by atoms with van der Waals surface area (Å²) >= 11 is 0. The summed E-state index contributed by atoms with van der Waals surface area (Å²) in [6.07, 6.45) is -4.44. The number of para-hydroxylation sites is 1. The fraction of sp³-hybridized carbons (Fsp3) is 0.190. The van der Waals surface area contributed by atoms with Gasteiger partial charge in [0.2, 0.25) is 0 Å². The molecule has 0 fully saturated rings. The Hall–Kier alpha value is -3.02. The molecule has 0 atom stereocenters. The Kier molecular flexibility index (Phi) is 5.35. The first kappa shape index (κ1) is 18.8. The maximum atomic E-state index is 13.3. The van der Waals surface area contributed by atoms with Gasteiger partial charge < -0.3 is 10.6 Å². The SMILES string of the molecule is CC(C)Nc1cc(Nc2ccccc2C(F)(F)F)nc(-c2ccccc2)c1. The lowest BCUT2D eigenvalue weighted by atomic mass is 10.1. The molecule has 0 saturated carbocycles. The molecule has 0 saturated heterocycles. The van der Waals surface area contributed by atoms with E-state index >= 15 is 0 Å². The van der Waals surface area contributed by atoms with Crippen LogP contribution in [0.2, 0.25) is 0 Å². The molecule has 0 aliphatic rings. The van der Waals surface area contributed by atoms with Crippen molar-refractivity contribution in [1.82, 2.24) is 4.98 Å². The van der Waals surface area contributed by atoms with E-state index in [-0.39, 0.29) is 11.7 Å². The fourth-order valence-corrected chi connectivity index (χ4v) is 2.75. The predicted molar refractivity (Wildman–Crippen MR) is 103 cm³/mol. The van der Waals surface area contributed by atoms with Gasteiger partial charge in [0.1, 0.15) is 5.82 Å². The highest BCUT2D eigenvalue weighted by molar-refractivity contribution is 5.71. The van der Waals surface area contributed by atoms with Crippen LogP contribution in [0.3, 0.4) is 0 Å². The summed E-state index contributed by atoms with van der Waals surface area (Å²) in [5.74, 6) is 0.344. The molecule has 140 valence electrons. The van der Waals surface area contributed by atoms with Gasteiger partial charge in [-0.05, 0) is 32.0 Å². The minimum absolute atomic E-state index is 0.0294. The first-order chi connectivity index (χ1) is 12.8. The lowest BCUT2D eigenvalue weighted by molar-refractivity contribution is -0.136. The number of anilines is 3. The van der Waals surface area contributed by atoms with Crippen LogP contribution in [0.5, 0.6) is 0 Å². The molecule has 6 heteroatoms. The summed E-state index contributed by atoms with van der Waals surface area (Å²) in [5.41, 5.74) is 1.59. The fourth-order valence-electron chi connectivity index (χ4n) is 2.75. The zero-order chi connectivity index (χ0) is 19.4. The standard InChI is InChI=1S/C21H20F3N3/c1-14(2)25-16-12-19(15-8-4-3-5-9-15)27-20(13-16)26-18-11-7-6-10-17(18)21(22,23)24/h3-14H,1-2H3,(H2,25,26,27). The summed E-state index contributed by atoms with van der Waals surface area (Å²) in [7, 11) is 0. The number of alkyl halides is 3. The van der Waals surface area contributed by atoms with Crippen molar-refractivity contribution in [3.8, 4) is 11.3 Å². The van der Waals surface area contributed by atoms with Gasteiger partial charge in [0, 0.05) is 23.4 Å². The van der Waals surface area contributed by atoms with Crippen molar-refractivity contribution >= 4 is 17.2 Å². The van der Waals surface area contributed by atoms with Crippen molar-refractivity contribution in [2.75, 3.05) is 10.6 Å². The van der Waals surface area contributed by atoms with Crippen molar-refractivity contribution < 1.29 is 13.2 Å². The maximum absolute atomic E-state index is 13.3. The van der Waals surface area contributed by atoms with E-state index in [1.54, 1.807) is 12.1 Å². The average Bonchev–Trinajstić information content (AvgIpc) is 2.61. The second-order valence-corrected chi connectivity index (χ2v) is 6.46. The Morgan fingerprint density at radius 1 is 0.889 bits per heavy atom. The molecular weight excluding hydrogens is 351 g/mol. The monoisotopic (exact) mass is 371 g/mol. The van der Waals surface area contributed by atoms with Gasteiger partial charge in [-0.3, -0.25) is 0 Å². The molecular formula is C21H20F3N3. The molecule has 0 spiro atoms. The molecule has 0 amide bonds. The summed E-state index contributed by atoms with van der Waals surface area (Å²) in [4.78, 5) is 4.51. The van der Waals surface area contributed by atoms with Gasteiger partial charge in [-0.25, -0.2) is 4.98 Å². The van der Waals surface area contributed by atoms with E-state index in [0.29, 0.717) is 11.5 Å². The molecule has 0 bridgehead atoms. The van der Waals surface area contributed by atoms with Crippen LogP contribution in [0, 0.1) is 0 Å². The van der Waals surface area contributed by atoms with Crippen LogP contribution in [0.15, 0.2) is 66.7 Å². The molecule has 1 heterocycles. The normalized spacial score (nSPS) is 11.5. The lowest BCUT2D eigenvalue weighted by Crippen LogP contribution is -2.11. The topological polar surface area (TPSA) is 37.0 Å². The van der Waals surface area contributed by atoms with Gasteiger partial charge in [-0.1, -0.05) is 42.5 Å². The van der Waals surface area contributed by atoms with Crippen molar-refractivity contribution in [1.29, 1.82) is 0 Å². The Morgan fingerprint density at radius 3 is 2.22 bits per heavy atom. The van der Waals surface area contributed by atoms with Gasteiger partial charge >= 0.3 is 6.18 Å². The molecule has 0 aliphatic carbocycles. The Morgan fingerprint density at radius 2 is 1.56 bits per heavy atom. The van der Waals surface area contributed by atoms with E-state index in [1.807, 2.05) is 50.2 Å². The van der Waals surface area contributed by atoms with Crippen LogP contribution in [-0.2, 0) is 6.18 Å². The molecule has 3 rings (SSSR count). The van der Waals surface area contributed by atoms with Crippen molar-refractivity contribution in [2.45, 2.75) is 26.1 Å². The van der Waals surface area contributed by atoms with Crippen LogP contribution >= 0.6 is 0 Å². The van der Waals surface area contributed by atoms with Crippen molar-refractivity contribution in [3.05, 3.63) is 72.3 Å². The van der Waals surface area contributed by atoms with Crippen molar-refractivity contribution in [2.24, 2.45) is 0 Å². The number of hydrogen-bond acceptors (Lipinski definition) is 3. The number of benzene rings is 2. The number of halogens is 3. The minimum atomic E-state index is -4.44. The van der Waals surface area contributed by atoms with Crippen molar-refractivity contribution in [3.63, 3.8) is 0 Å². The number of nitrogens with one attached hydrogen (secondary N) is 2. The number of aromatic nitrogens is 1. The van der Waals surface area contributed by atoms with Gasteiger partial charge in [0.05, 0.1) is 16.9 Å². The molecule has 2 N–H and O–H groups in total. The third-order valence-electron chi connectivity index (χ3n) is 3.85. The van der Waals surface area contributed by atoms with Crippen LogP contribution in [-0.4, -0.2) is 11.0 Å². The molecule has 3 aromatic rings. The quantitative estimate of drug-likeness (QED) is 0.550. The Balaban J connectivity index is 2.03. The van der Waals surface area contributed by atoms with Gasteiger partial charge in [-0.15, -0.1) is 0 Å². The second kappa shape index (κ2) is 7.70. The highest BCUT2D eigenvalue weighted by Gasteiger charge is 2.33. The van der Waals surface area contributed by atoms with Crippen LogP contribution in [0.1, 0.15) is 19.4 Å². The number of nitrogens with zero attached hydrogens (tertiary/aromatic N) is 1. The molecule has 27 heavy (non-hydrogen) atoms. The highest BCUT2D eigenvalue weighted by Crippen LogP contribution is 2.36. The van der Waals surface area contributed by atoms with E-state index in [0.717, 1.165) is 17.3 Å².